The molecule has 0 atom stereocenters. The molecule has 88 valence electrons. The molecule has 3 N–H and O–H groups in total. The van der Waals surface area contributed by atoms with E-state index in [9.17, 15) is 4.79 Å². The van der Waals surface area contributed by atoms with Crippen LogP contribution in [0.2, 0.25) is 0 Å². The van der Waals surface area contributed by atoms with Crippen LogP contribution in [0.25, 0.3) is 0 Å². The number of urea groups is 1. The summed E-state index contributed by atoms with van der Waals surface area (Å²) in [5.74, 6) is 0.550. The van der Waals surface area contributed by atoms with Gasteiger partial charge in [-0.15, -0.1) is 0 Å². The molecule has 0 saturated carbocycles. The molecule has 1 saturated heterocycles. The van der Waals surface area contributed by atoms with Gasteiger partial charge in [0.2, 0.25) is 0 Å². The van der Waals surface area contributed by atoms with E-state index in [1.807, 2.05) is 15.8 Å². The number of hydrogen-bond donors (Lipinski definition) is 2. The maximum Gasteiger partial charge on any atom is 0.317 e. The van der Waals surface area contributed by atoms with Crippen molar-refractivity contribution in [2.75, 3.05) is 25.9 Å². The van der Waals surface area contributed by atoms with Crippen LogP contribution in [0.4, 0.5) is 10.6 Å². The lowest BCUT2D eigenvalue weighted by Crippen LogP contribution is -2.43. The standard InChI is InChI=1S/C10H17N5O/c1-12-10(16)14-5-2-8(3-6-14)15-7-4-9(11)13-15/h4,7-8H,2-3,5-6H2,1H3,(H2,11,13)(H,12,16). The van der Waals surface area contributed by atoms with Gasteiger partial charge in [-0.25, -0.2) is 4.79 Å². The first kappa shape index (κ1) is 10.8. The van der Waals surface area contributed by atoms with E-state index >= 15 is 0 Å². The predicted octanol–water partition coefficient (Wildman–Crippen LogP) is 0.442. The van der Waals surface area contributed by atoms with Crippen LogP contribution in [0, 0.1) is 0 Å². The monoisotopic (exact) mass is 223 g/mol. The van der Waals surface area contributed by atoms with Crippen molar-refractivity contribution in [1.82, 2.24) is 20.0 Å². The summed E-state index contributed by atoms with van der Waals surface area (Å²) in [6, 6.07) is 2.15. The Labute approximate surface area is 94.4 Å². The lowest BCUT2D eigenvalue weighted by atomic mass is 10.1. The largest absolute Gasteiger partial charge is 0.382 e. The molecule has 0 radical (unpaired) electrons. The van der Waals surface area contributed by atoms with Gasteiger partial charge in [-0.2, -0.15) is 5.10 Å². The van der Waals surface area contributed by atoms with E-state index in [-0.39, 0.29) is 6.03 Å². The SMILES string of the molecule is CNC(=O)N1CCC(n2ccc(N)n2)CC1. The number of nitrogen functional groups attached to an aromatic ring is 1. The smallest absolute Gasteiger partial charge is 0.317 e. The highest BCUT2D eigenvalue weighted by molar-refractivity contribution is 5.73. The molecule has 1 aromatic heterocycles. The summed E-state index contributed by atoms with van der Waals surface area (Å²) >= 11 is 0. The Morgan fingerprint density at radius 1 is 1.56 bits per heavy atom. The fourth-order valence-electron chi connectivity index (χ4n) is 2.05. The van der Waals surface area contributed by atoms with E-state index in [0.717, 1.165) is 25.9 Å². The highest BCUT2D eigenvalue weighted by Gasteiger charge is 2.23. The van der Waals surface area contributed by atoms with E-state index in [2.05, 4.69) is 10.4 Å². The van der Waals surface area contributed by atoms with Gasteiger partial charge < -0.3 is 16.0 Å². The molecule has 1 aliphatic rings. The van der Waals surface area contributed by atoms with E-state index in [1.54, 1.807) is 13.1 Å². The second-order valence-electron chi connectivity index (χ2n) is 3.99. The Kier molecular flexibility index (Phi) is 2.98. The molecule has 0 unspecified atom stereocenters. The van der Waals surface area contributed by atoms with Crippen molar-refractivity contribution in [1.29, 1.82) is 0 Å². The van der Waals surface area contributed by atoms with Gasteiger partial charge in [0.15, 0.2) is 0 Å². The lowest BCUT2D eigenvalue weighted by molar-refractivity contribution is 0.170. The van der Waals surface area contributed by atoms with E-state index in [4.69, 9.17) is 5.73 Å². The van der Waals surface area contributed by atoms with Crippen LogP contribution in [0.1, 0.15) is 18.9 Å². The third kappa shape index (κ3) is 2.10. The van der Waals surface area contributed by atoms with Crippen molar-refractivity contribution in [3.8, 4) is 0 Å². The van der Waals surface area contributed by atoms with Gasteiger partial charge in [0.1, 0.15) is 5.82 Å². The Bertz CT molecular complexity index is 367. The summed E-state index contributed by atoms with van der Waals surface area (Å²) in [7, 11) is 1.66. The Morgan fingerprint density at radius 3 is 2.75 bits per heavy atom. The zero-order valence-corrected chi connectivity index (χ0v) is 9.39. The minimum atomic E-state index is -0.00145. The van der Waals surface area contributed by atoms with Gasteiger partial charge in [-0.1, -0.05) is 0 Å². The Balaban J connectivity index is 1.92. The van der Waals surface area contributed by atoms with Crippen molar-refractivity contribution in [3.63, 3.8) is 0 Å². The van der Waals surface area contributed by atoms with Gasteiger partial charge in [-0.3, -0.25) is 4.68 Å². The molecule has 16 heavy (non-hydrogen) atoms. The van der Waals surface area contributed by atoms with Crippen LogP contribution in [-0.2, 0) is 0 Å². The van der Waals surface area contributed by atoms with Crippen LogP contribution in [-0.4, -0.2) is 40.8 Å². The number of likely N-dealkylation sites (tertiary alicyclic amines) is 1. The van der Waals surface area contributed by atoms with Gasteiger partial charge in [-0.05, 0) is 18.9 Å². The lowest BCUT2D eigenvalue weighted by Gasteiger charge is -2.31. The Hall–Kier alpha value is -1.72. The number of amides is 2. The van der Waals surface area contributed by atoms with E-state index < -0.39 is 0 Å². The predicted molar refractivity (Wildman–Crippen MR) is 60.9 cm³/mol. The Morgan fingerprint density at radius 2 is 2.25 bits per heavy atom. The number of hydrogen-bond acceptors (Lipinski definition) is 3. The summed E-state index contributed by atoms with van der Waals surface area (Å²) in [4.78, 5) is 13.2. The van der Waals surface area contributed by atoms with Crippen molar-refractivity contribution < 1.29 is 4.79 Å². The van der Waals surface area contributed by atoms with Crippen molar-refractivity contribution in [2.24, 2.45) is 0 Å². The summed E-state index contributed by atoms with van der Waals surface area (Å²) in [6.07, 6.45) is 3.75. The number of carbonyl (C=O) groups is 1. The van der Waals surface area contributed by atoms with Crippen molar-refractivity contribution in [3.05, 3.63) is 12.3 Å². The zero-order valence-electron chi connectivity index (χ0n) is 9.39. The summed E-state index contributed by atoms with van der Waals surface area (Å²) < 4.78 is 1.90. The molecule has 0 bridgehead atoms. The maximum absolute atomic E-state index is 11.4. The maximum atomic E-state index is 11.4. The first-order chi connectivity index (χ1) is 7.70. The molecule has 2 amide bonds. The summed E-state index contributed by atoms with van der Waals surface area (Å²) in [6.45, 7) is 1.54. The fraction of sp³-hybridized carbons (Fsp3) is 0.600. The topological polar surface area (TPSA) is 76.2 Å². The molecule has 0 aliphatic carbocycles. The summed E-state index contributed by atoms with van der Waals surface area (Å²) in [5.41, 5.74) is 5.58. The molecule has 2 rings (SSSR count). The second-order valence-corrected chi connectivity index (χ2v) is 3.99. The second kappa shape index (κ2) is 4.42. The molecule has 1 aliphatic heterocycles. The van der Waals surface area contributed by atoms with Crippen LogP contribution in [0.5, 0.6) is 0 Å². The number of rotatable bonds is 1. The highest BCUT2D eigenvalue weighted by Crippen LogP contribution is 2.22. The highest BCUT2D eigenvalue weighted by atomic mass is 16.2. The number of nitrogens with two attached hydrogens (primary N) is 1. The average Bonchev–Trinajstić information content (AvgIpc) is 2.75. The third-order valence-corrected chi connectivity index (χ3v) is 2.97. The molecule has 0 aromatic carbocycles. The molecule has 6 heteroatoms. The van der Waals surface area contributed by atoms with Crippen LogP contribution in [0.15, 0.2) is 12.3 Å². The molecule has 1 aromatic rings. The average molecular weight is 223 g/mol. The van der Waals surface area contributed by atoms with Gasteiger partial charge in [0, 0.05) is 26.3 Å². The van der Waals surface area contributed by atoms with Gasteiger partial charge in [0.05, 0.1) is 6.04 Å². The first-order valence-corrected chi connectivity index (χ1v) is 5.48. The minimum Gasteiger partial charge on any atom is -0.382 e. The minimum absolute atomic E-state index is 0.00145. The number of carbonyl (C=O) groups excluding carboxylic acids is 1. The van der Waals surface area contributed by atoms with E-state index in [1.165, 1.54) is 0 Å². The fourth-order valence-corrected chi connectivity index (χ4v) is 2.05. The molecule has 2 heterocycles. The molecule has 6 nitrogen and oxygen atoms in total. The number of nitrogens with one attached hydrogen (secondary N) is 1. The third-order valence-electron chi connectivity index (χ3n) is 2.97. The normalized spacial score (nSPS) is 17.4. The molecular formula is C10H17N5O. The van der Waals surface area contributed by atoms with E-state index in [0.29, 0.717) is 11.9 Å². The summed E-state index contributed by atoms with van der Waals surface area (Å²) in [5, 5.41) is 6.84. The van der Waals surface area contributed by atoms with Crippen molar-refractivity contribution >= 4 is 11.8 Å². The molecule has 1 fully saturated rings. The van der Waals surface area contributed by atoms with Gasteiger partial charge >= 0.3 is 6.03 Å². The van der Waals surface area contributed by atoms with Crippen LogP contribution >= 0.6 is 0 Å². The van der Waals surface area contributed by atoms with Crippen LogP contribution in [0.3, 0.4) is 0 Å². The number of aromatic nitrogens is 2. The quantitative estimate of drug-likeness (QED) is 0.725. The molecular weight excluding hydrogens is 206 g/mol. The number of nitrogens with zero attached hydrogens (tertiary/aromatic N) is 3. The first-order valence-electron chi connectivity index (χ1n) is 5.48. The van der Waals surface area contributed by atoms with Gasteiger partial charge in [0.25, 0.3) is 0 Å². The zero-order chi connectivity index (χ0) is 11.5. The van der Waals surface area contributed by atoms with Crippen LogP contribution < -0.4 is 11.1 Å². The number of piperidine rings is 1. The molecule has 0 spiro atoms. The number of anilines is 1. The van der Waals surface area contributed by atoms with Crippen molar-refractivity contribution in [2.45, 2.75) is 18.9 Å².